The number of allylic oxidation sites excluding steroid dienone is 7. The summed E-state index contributed by atoms with van der Waals surface area (Å²) < 4.78 is 0. The Morgan fingerprint density at radius 2 is 2.00 bits per heavy atom. The van der Waals surface area contributed by atoms with E-state index in [1.54, 1.807) is 14.0 Å². The Morgan fingerprint density at radius 3 is 2.52 bits per heavy atom. The van der Waals surface area contributed by atoms with E-state index < -0.39 is 0 Å². The van der Waals surface area contributed by atoms with Crippen LogP contribution in [0.4, 0.5) is 0 Å². The standard InChI is InChI=1S/C19H25NO3/c1-13(2)18(17(9-6-10-21)19(23)20-4)12-15-7-5-8-16(11-15)14(3)22/h5,8,10-12,17H,6-7,9H2,1-4H3,(H,20,23)/b15-12+. The number of hydrogen-bond donors (Lipinski definition) is 1. The molecular formula is C19H25NO3. The van der Waals surface area contributed by atoms with Crippen molar-refractivity contribution in [3.63, 3.8) is 0 Å². The fourth-order valence-electron chi connectivity index (χ4n) is 2.58. The number of amides is 1. The van der Waals surface area contributed by atoms with Gasteiger partial charge in [0.25, 0.3) is 0 Å². The van der Waals surface area contributed by atoms with Gasteiger partial charge in [0.2, 0.25) is 5.91 Å². The van der Waals surface area contributed by atoms with Crippen LogP contribution in [0.1, 0.15) is 40.0 Å². The van der Waals surface area contributed by atoms with Gasteiger partial charge in [-0.25, -0.2) is 0 Å². The molecule has 0 aromatic rings. The van der Waals surface area contributed by atoms with Gasteiger partial charge in [0, 0.05) is 19.0 Å². The van der Waals surface area contributed by atoms with Gasteiger partial charge in [-0.2, -0.15) is 0 Å². The van der Waals surface area contributed by atoms with Crippen LogP contribution in [0.3, 0.4) is 0 Å². The largest absolute Gasteiger partial charge is 0.359 e. The van der Waals surface area contributed by atoms with Gasteiger partial charge in [0.05, 0.1) is 5.92 Å². The number of carbonyl (C=O) groups excluding carboxylic acids is 3. The molecule has 0 aromatic carbocycles. The summed E-state index contributed by atoms with van der Waals surface area (Å²) in [5, 5.41) is 2.67. The molecule has 0 aromatic heterocycles. The average molecular weight is 315 g/mol. The molecular weight excluding hydrogens is 290 g/mol. The predicted molar refractivity (Wildman–Crippen MR) is 91.8 cm³/mol. The zero-order valence-electron chi connectivity index (χ0n) is 14.3. The third kappa shape index (κ3) is 5.47. The minimum absolute atomic E-state index is 0.0226. The van der Waals surface area contributed by atoms with Crippen LogP contribution in [-0.2, 0) is 14.4 Å². The zero-order chi connectivity index (χ0) is 17.4. The molecule has 0 radical (unpaired) electrons. The molecule has 1 aliphatic rings. The van der Waals surface area contributed by atoms with Crippen molar-refractivity contribution in [1.82, 2.24) is 5.32 Å². The highest BCUT2D eigenvalue weighted by Crippen LogP contribution is 2.26. The van der Waals surface area contributed by atoms with Crippen LogP contribution in [0.5, 0.6) is 0 Å². The lowest BCUT2D eigenvalue weighted by Gasteiger charge is -2.19. The Morgan fingerprint density at radius 1 is 1.30 bits per heavy atom. The number of Topliss-reactive ketones (excluding diaryl/α,β-unsaturated/α-hetero) is 1. The molecule has 4 nitrogen and oxygen atoms in total. The molecule has 1 amide bonds. The van der Waals surface area contributed by atoms with Crippen molar-refractivity contribution in [3.8, 4) is 0 Å². The van der Waals surface area contributed by atoms with Gasteiger partial charge < -0.3 is 10.1 Å². The summed E-state index contributed by atoms with van der Waals surface area (Å²) in [5.41, 5.74) is 3.61. The maximum atomic E-state index is 12.2. The fourth-order valence-corrected chi connectivity index (χ4v) is 2.58. The van der Waals surface area contributed by atoms with Crippen LogP contribution in [0.25, 0.3) is 0 Å². The number of nitrogens with one attached hydrogen (secondary N) is 1. The van der Waals surface area contributed by atoms with E-state index in [4.69, 9.17) is 0 Å². The number of hydrogen-bond acceptors (Lipinski definition) is 3. The number of rotatable bonds is 7. The van der Waals surface area contributed by atoms with Crippen LogP contribution in [0.2, 0.25) is 0 Å². The molecule has 0 spiro atoms. The Bertz CT molecular complexity index is 602. The van der Waals surface area contributed by atoms with E-state index in [-0.39, 0.29) is 17.6 Å². The normalized spacial score (nSPS) is 16.5. The van der Waals surface area contributed by atoms with Crippen molar-refractivity contribution in [3.05, 3.63) is 46.6 Å². The lowest BCUT2D eigenvalue weighted by Crippen LogP contribution is -2.29. The number of ketones is 1. The summed E-state index contributed by atoms with van der Waals surface area (Å²) in [5.74, 6) is -0.431. The summed E-state index contributed by atoms with van der Waals surface area (Å²) in [6.07, 6.45) is 10.00. The van der Waals surface area contributed by atoms with Crippen molar-refractivity contribution in [2.24, 2.45) is 5.92 Å². The molecule has 124 valence electrons. The Kier molecular flexibility index (Phi) is 7.39. The van der Waals surface area contributed by atoms with Gasteiger partial charge in [0.15, 0.2) is 5.78 Å². The Labute approximate surface area is 138 Å². The summed E-state index contributed by atoms with van der Waals surface area (Å²) in [7, 11) is 1.60. The predicted octanol–water partition coefficient (Wildman–Crippen LogP) is 3.07. The van der Waals surface area contributed by atoms with Crippen molar-refractivity contribution in [2.75, 3.05) is 7.05 Å². The molecule has 0 heterocycles. The van der Waals surface area contributed by atoms with Gasteiger partial charge in [0.1, 0.15) is 6.29 Å². The monoisotopic (exact) mass is 315 g/mol. The zero-order valence-corrected chi connectivity index (χ0v) is 14.3. The minimum Gasteiger partial charge on any atom is -0.359 e. The molecule has 1 aliphatic carbocycles. The number of aldehydes is 1. The first kappa shape index (κ1) is 18.8. The first-order chi connectivity index (χ1) is 10.9. The van der Waals surface area contributed by atoms with E-state index in [9.17, 15) is 14.4 Å². The van der Waals surface area contributed by atoms with E-state index in [1.807, 2.05) is 38.2 Å². The highest BCUT2D eigenvalue weighted by molar-refractivity contribution is 5.97. The molecule has 4 heteroatoms. The molecule has 1 atom stereocenters. The van der Waals surface area contributed by atoms with E-state index in [1.165, 1.54) is 0 Å². The van der Waals surface area contributed by atoms with Crippen LogP contribution < -0.4 is 5.32 Å². The van der Waals surface area contributed by atoms with E-state index in [2.05, 4.69) is 5.32 Å². The van der Waals surface area contributed by atoms with Crippen LogP contribution in [-0.4, -0.2) is 25.0 Å². The molecule has 1 N–H and O–H groups in total. The van der Waals surface area contributed by atoms with E-state index >= 15 is 0 Å². The third-order valence-electron chi connectivity index (χ3n) is 3.83. The molecule has 0 aliphatic heterocycles. The first-order valence-electron chi connectivity index (χ1n) is 7.83. The van der Waals surface area contributed by atoms with Gasteiger partial charge in [-0.15, -0.1) is 0 Å². The Hall–Kier alpha value is -2.23. The van der Waals surface area contributed by atoms with Gasteiger partial charge in [-0.05, 0) is 50.8 Å². The molecule has 0 fully saturated rings. The molecule has 0 bridgehead atoms. The second-order valence-electron chi connectivity index (χ2n) is 5.85. The van der Waals surface area contributed by atoms with Crippen molar-refractivity contribution >= 4 is 18.0 Å². The van der Waals surface area contributed by atoms with Gasteiger partial charge in [-0.1, -0.05) is 23.8 Å². The SMILES string of the molecule is CNC(=O)C(CCC=O)C(/C=C1/C=C(C(C)=O)C=CC1)=C(C)C. The third-order valence-corrected chi connectivity index (χ3v) is 3.83. The highest BCUT2D eigenvalue weighted by atomic mass is 16.2. The number of carbonyl (C=O) groups is 3. The maximum Gasteiger partial charge on any atom is 0.227 e. The summed E-state index contributed by atoms with van der Waals surface area (Å²) in [6.45, 7) is 5.45. The van der Waals surface area contributed by atoms with Gasteiger partial charge in [-0.3, -0.25) is 9.59 Å². The average Bonchev–Trinajstić information content (AvgIpc) is 2.53. The minimum atomic E-state index is -0.359. The maximum absolute atomic E-state index is 12.2. The van der Waals surface area contributed by atoms with Crippen molar-refractivity contribution in [1.29, 1.82) is 0 Å². The second kappa shape index (κ2) is 9.03. The van der Waals surface area contributed by atoms with Gasteiger partial charge >= 0.3 is 0 Å². The summed E-state index contributed by atoms with van der Waals surface area (Å²) in [4.78, 5) is 34.4. The molecule has 1 unspecified atom stereocenters. The quantitative estimate of drug-likeness (QED) is 0.734. The lowest BCUT2D eigenvalue weighted by molar-refractivity contribution is -0.123. The summed E-state index contributed by atoms with van der Waals surface area (Å²) >= 11 is 0. The molecule has 23 heavy (non-hydrogen) atoms. The molecule has 0 saturated heterocycles. The first-order valence-corrected chi connectivity index (χ1v) is 7.83. The van der Waals surface area contributed by atoms with E-state index in [0.29, 0.717) is 18.4 Å². The smallest absolute Gasteiger partial charge is 0.227 e. The highest BCUT2D eigenvalue weighted by Gasteiger charge is 2.21. The van der Waals surface area contributed by atoms with E-state index in [0.717, 1.165) is 29.4 Å². The molecule has 1 rings (SSSR count). The van der Waals surface area contributed by atoms with Crippen LogP contribution >= 0.6 is 0 Å². The second-order valence-corrected chi connectivity index (χ2v) is 5.85. The Balaban J connectivity index is 3.20. The van der Waals surface area contributed by atoms with Crippen LogP contribution in [0.15, 0.2) is 46.6 Å². The van der Waals surface area contributed by atoms with Crippen molar-refractivity contribution < 1.29 is 14.4 Å². The van der Waals surface area contributed by atoms with Crippen LogP contribution in [0, 0.1) is 5.92 Å². The summed E-state index contributed by atoms with van der Waals surface area (Å²) in [6, 6.07) is 0. The topological polar surface area (TPSA) is 63.2 Å². The molecule has 0 saturated carbocycles. The van der Waals surface area contributed by atoms with Crippen molar-refractivity contribution in [2.45, 2.75) is 40.0 Å². The lowest BCUT2D eigenvalue weighted by atomic mass is 9.87. The fraction of sp³-hybridized carbons (Fsp3) is 0.421.